The Morgan fingerprint density at radius 2 is 2.05 bits per heavy atom. The number of fused-ring (bicyclic) bond motifs is 1. The van der Waals surface area contributed by atoms with Crippen molar-refractivity contribution in [3.8, 4) is 5.75 Å². The van der Waals surface area contributed by atoms with E-state index in [1.807, 2.05) is 12.1 Å². The summed E-state index contributed by atoms with van der Waals surface area (Å²) in [5.74, 6) is 1.57. The van der Waals surface area contributed by atoms with E-state index in [0.717, 1.165) is 37.4 Å². The maximum Gasteiger partial charge on any atom is 0.171 e. The number of hydrogen-bond acceptors (Lipinski definition) is 3. The van der Waals surface area contributed by atoms with Gasteiger partial charge in [-0.2, -0.15) is 0 Å². The number of Topliss-reactive ketones (excluding diaryl/α,β-unsaturated/α-hetero) is 1. The SMILES string of the molecule is CC(C)c1ccc2c(c1)C(=O)C(CN1CCCC1)CCO2. The first-order chi connectivity index (χ1) is 10.1. The molecule has 0 amide bonds. The van der Waals surface area contributed by atoms with Crippen LogP contribution in [0.3, 0.4) is 0 Å². The molecule has 0 saturated carbocycles. The molecule has 21 heavy (non-hydrogen) atoms. The van der Waals surface area contributed by atoms with Crippen molar-refractivity contribution in [1.29, 1.82) is 0 Å². The van der Waals surface area contributed by atoms with Crippen LogP contribution in [-0.4, -0.2) is 36.9 Å². The normalized spacial score (nSPS) is 23.0. The van der Waals surface area contributed by atoms with Gasteiger partial charge in [0.05, 0.1) is 12.2 Å². The number of nitrogens with zero attached hydrogens (tertiary/aromatic N) is 1. The second kappa shape index (κ2) is 6.18. The highest BCUT2D eigenvalue weighted by Gasteiger charge is 2.29. The van der Waals surface area contributed by atoms with Crippen LogP contribution >= 0.6 is 0 Å². The van der Waals surface area contributed by atoms with Gasteiger partial charge in [0.15, 0.2) is 5.78 Å². The van der Waals surface area contributed by atoms with Crippen LogP contribution in [0, 0.1) is 5.92 Å². The Kier molecular flexibility index (Phi) is 4.29. The van der Waals surface area contributed by atoms with Gasteiger partial charge in [-0.05, 0) is 56.0 Å². The molecule has 3 heteroatoms. The number of rotatable bonds is 3. The predicted octanol–water partition coefficient (Wildman–Crippen LogP) is 3.49. The molecular weight excluding hydrogens is 262 g/mol. The van der Waals surface area contributed by atoms with Gasteiger partial charge in [-0.25, -0.2) is 0 Å². The zero-order valence-electron chi connectivity index (χ0n) is 13.1. The molecule has 114 valence electrons. The van der Waals surface area contributed by atoms with Crippen LogP contribution < -0.4 is 4.74 Å². The lowest BCUT2D eigenvalue weighted by Crippen LogP contribution is -2.31. The Morgan fingerprint density at radius 3 is 2.76 bits per heavy atom. The molecule has 0 spiro atoms. The zero-order valence-corrected chi connectivity index (χ0v) is 13.1. The van der Waals surface area contributed by atoms with Crippen molar-refractivity contribution in [3.63, 3.8) is 0 Å². The lowest BCUT2D eigenvalue weighted by atomic mass is 9.92. The van der Waals surface area contributed by atoms with E-state index in [1.54, 1.807) is 0 Å². The van der Waals surface area contributed by atoms with Crippen molar-refractivity contribution < 1.29 is 9.53 Å². The zero-order chi connectivity index (χ0) is 14.8. The highest BCUT2D eigenvalue weighted by atomic mass is 16.5. The van der Waals surface area contributed by atoms with E-state index in [9.17, 15) is 4.79 Å². The van der Waals surface area contributed by atoms with E-state index in [0.29, 0.717) is 12.5 Å². The van der Waals surface area contributed by atoms with Crippen molar-refractivity contribution in [2.75, 3.05) is 26.2 Å². The van der Waals surface area contributed by atoms with Crippen molar-refractivity contribution in [1.82, 2.24) is 4.90 Å². The standard InChI is InChI=1S/C18H25NO2/c1-13(2)14-5-6-17-16(11-14)18(20)15(7-10-21-17)12-19-8-3-4-9-19/h5-6,11,13,15H,3-4,7-10,12H2,1-2H3. The molecule has 1 fully saturated rings. The minimum Gasteiger partial charge on any atom is -0.493 e. The van der Waals surface area contributed by atoms with E-state index >= 15 is 0 Å². The highest BCUT2D eigenvalue weighted by Crippen LogP contribution is 2.30. The number of benzene rings is 1. The molecule has 1 atom stereocenters. The van der Waals surface area contributed by atoms with Gasteiger partial charge < -0.3 is 9.64 Å². The number of ketones is 1. The van der Waals surface area contributed by atoms with Gasteiger partial charge in [0.25, 0.3) is 0 Å². The predicted molar refractivity (Wildman–Crippen MR) is 84.1 cm³/mol. The molecule has 3 nitrogen and oxygen atoms in total. The van der Waals surface area contributed by atoms with E-state index in [-0.39, 0.29) is 11.7 Å². The molecule has 2 aliphatic rings. The summed E-state index contributed by atoms with van der Waals surface area (Å²) in [7, 11) is 0. The average molecular weight is 287 g/mol. The van der Waals surface area contributed by atoms with E-state index in [4.69, 9.17) is 4.74 Å². The molecule has 0 N–H and O–H groups in total. The molecule has 1 saturated heterocycles. The molecular formula is C18H25NO2. The molecule has 2 heterocycles. The summed E-state index contributed by atoms with van der Waals surface area (Å²) >= 11 is 0. The minimum absolute atomic E-state index is 0.0896. The number of carbonyl (C=O) groups is 1. The minimum atomic E-state index is 0.0896. The van der Waals surface area contributed by atoms with Crippen LogP contribution in [0.4, 0.5) is 0 Å². The monoisotopic (exact) mass is 287 g/mol. The Bertz CT molecular complexity index is 518. The van der Waals surface area contributed by atoms with E-state index in [1.165, 1.54) is 18.4 Å². The Balaban J connectivity index is 1.83. The van der Waals surface area contributed by atoms with Crippen molar-refractivity contribution in [2.45, 2.75) is 39.0 Å². The fourth-order valence-electron chi connectivity index (χ4n) is 3.34. The van der Waals surface area contributed by atoms with Crippen LogP contribution in [0.15, 0.2) is 18.2 Å². The smallest absolute Gasteiger partial charge is 0.171 e. The molecule has 1 aromatic rings. The van der Waals surface area contributed by atoms with Gasteiger partial charge in [0.2, 0.25) is 0 Å². The Labute approximate surface area is 127 Å². The lowest BCUT2D eigenvalue weighted by Gasteiger charge is -2.21. The van der Waals surface area contributed by atoms with Crippen molar-refractivity contribution in [2.24, 2.45) is 5.92 Å². The topological polar surface area (TPSA) is 29.5 Å². The first kappa shape index (κ1) is 14.6. The molecule has 0 radical (unpaired) electrons. The van der Waals surface area contributed by atoms with E-state index in [2.05, 4.69) is 24.8 Å². The van der Waals surface area contributed by atoms with Crippen LogP contribution in [-0.2, 0) is 0 Å². The third-order valence-corrected chi connectivity index (χ3v) is 4.71. The summed E-state index contributed by atoms with van der Waals surface area (Å²) in [6, 6.07) is 6.10. The Morgan fingerprint density at radius 1 is 1.29 bits per heavy atom. The van der Waals surface area contributed by atoms with Crippen LogP contribution in [0.2, 0.25) is 0 Å². The fourth-order valence-corrected chi connectivity index (χ4v) is 3.34. The summed E-state index contributed by atoms with van der Waals surface area (Å²) in [5.41, 5.74) is 2.01. The van der Waals surface area contributed by atoms with Gasteiger partial charge >= 0.3 is 0 Å². The summed E-state index contributed by atoms with van der Waals surface area (Å²) in [6.45, 7) is 8.15. The molecule has 1 unspecified atom stereocenters. The average Bonchev–Trinajstić information content (AvgIpc) is 2.93. The van der Waals surface area contributed by atoms with Crippen LogP contribution in [0.5, 0.6) is 5.75 Å². The summed E-state index contributed by atoms with van der Waals surface area (Å²) < 4.78 is 5.81. The number of ether oxygens (including phenoxy) is 1. The molecule has 3 rings (SSSR count). The second-order valence-electron chi connectivity index (χ2n) is 6.62. The number of hydrogen-bond donors (Lipinski definition) is 0. The van der Waals surface area contributed by atoms with Gasteiger partial charge in [-0.1, -0.05) is 19.9 Å². The van der Waals surface area contributed by atoms with Crippen LogP contribution in [0.1, 0.15) is 54.9 Å². The summed E-state index contributed by atoms with van der Waals surface area (Å²) in [4.78, 5) is 15.3. The summed E-state index contributed by atoms with van der Waals surface area (Å²) in [5, 5.41) is 0. The quantitative estimate of drug-likeness (QED) is 0.852. The van der Waals surface area contributed by atoms with Gasteiger partial charge in [-0.3, -0.25) is 4.79 Å². The fraction of sp³-hybridized carbons (Fsp3) is 0.611. The number of carbonyl (C=O) groups excluding carboxylic acids is 1. The largest absolute Gasteiger partial charge is 0.493 e. The molecule has 0 aromatic heterocycles. The first-order valence-electron chi connectivity index (χ1n) is 8.18. The highest BCUT2D eigenvalue weighted by molar-refractivity contribution is 6.01. The van der Waals surface area contributed by atoms with Crippen molar-refractivity contribution >= 4 is 5.78 Å². The first-order valence-corrected chi connectivity index (χ1v) is 8.18. The molecule has 0 aliphatic carbocycles. The Hall–Kier alpha value is -1.35. The molecule has 2 aliphatic heterocycles. The van der Waals surface area contributed by atoms with Gasteiger partial charge in [0, 0.05) is 12.5 Å². The van der Waals surface area contributed by atoms with Crippen LogP contribution in [0.25, 0.3) is 0 Å². The maximum atomic E-state index is 12.9. The lowest BCUT2D eigenvalue weighted by molar-refractivity contribution is 0.0883. The molecule has 1 aromatic carbocycles. The third-order valence-electron chi connectivity index (χ3n) is 4.71. The van der Waals surface area contributed by atoms with Gasteiger partial charge in [-0.15, -0.1) is 0 Å². The number of likely N-dealkylation sites (tertiary alicyclic amines) is 1. The summed E-state index contributed by atoms with van der Waals surface area (Å²) in [6.07, 6.45) is 3.37. The van der Waals surface area contributed by atoms with Crippen molar-refractivity contribution in [3.05, 3.63) is 29.3 Å². The third kappa shape index (κ3) is 3.13. The van der Waals surface area contributed by atoms with E-state index < -0.39 is 0 Å². The molecule has 0 bridgehead atoms. The second-order valence-corrected chi connectivity index (χ2v) is 6.62. The maximum absolute atomic E-state index is 12.9. The van der Waals surface area contributed by atoms with Gasteiger partial charge in [0.1, 0.15) is 5.75 Å².